The molecule has 0 heterocycles. The summed E-state index contributed by atoms with van der Waals surface area (Å²) in [4.78, 5) is 22.2. The SMILES string of the molecule is CC1CC1NC(=O)Nc1cccc(CCC(=O)O)c1. The Morgan fingerprint density at radius 2 is 2.16 bits per heavy atom. The maximum atomic E-state index is 11.7. The molecule has 0 radical (unpaired) electrons. The maximum absolute atomic E-state index is 11.7. The maximum Gasteiger partial charge on any atom is 0.319 e. The molecule has 2 amide bonds. The van der Waals surface area contributed by atoms with Gasteiger partial charge in [0.1, 0.15) is 0 Å². The fourth-order valence-electron chi connectivity index (χ4n) is 1.91. The van der Waals surface area contributed by atoms with Crippen LogP contribution >= 0.6 is 0 Å². The Morgan fingerprint density at radius 3 is 2.79 bits per heavy atom. The van der Waals surface area contributed by atoms with Crippen LogP contribution in [0.1, 0.15) is 25.3 Å². The number of carbonyl (C=O) groups is 2. The number of rotatable bonds is 5. The lowest BCUT2D eigenvalue weighted by molar-refractivity contribution is -0.136. The van der Waals surface area contributed by atoms with E-state index in [9.17, 15) is 9.59 Å². The van der Waals surface area contributed by atoms with Gasteiger partial charge < -0.3 is 15.7 Å². The van der Waals surface area contributed by atoms with Gasteiger partial charge in [-0.25, -0.2) is 4.79 Å². The molecule has 1 saturated carbocycles. The molecule has 1 aromatic carbocycles. The van der Waals surface area contributed by atoms with Gasteiger partial charge in [0.15, 0.2) is 0 Å². The number of carbonyl (C=O) groups excluding carboxylic acids is 1. The second kappa shape index (κ2) is 5.73. The zero-order chi connectivity index (χ0) is 13.8. The van der Waals surface area contributed by atoms with Crippen molar-refractivity contribution in [3.05, 3.63) is 29.8 Å². The van der Waals surface area contributed by atoms with Crippen LogP contribution in [0.15, 0.2) is 24.3 Å². The van der Waals surface area contributed by atoms with Crippen LogP contribution in [0.2, 0.25) is 0 Å². The summed E-state index contributed by atoms with van der Waals surface area (Å²) in [6.45, 7) is 2.09. The molecule has 3 N–H and O–H groups in total. The fraction of sp³-hybridized carbons (Fsp3) is 0.429. The molecule has 0 saturated heterocycles. The minimum Gasteiger partial charge on any atom is -0.481 e. The minimum absolute atomic E-state index is 0.0925. The first-order valence-electron chi connectivity index (χ1n) is 6.43. The predicted molar refractivity (Wildman–Crippen MR) is 72.1 cm³/mol. The quantitative estimate of drug-likeness (QED) is 0.761. The third kappa shape index (κ3) is 4.28. The fourth-order valence-corrected chi connectivity index (χ4v) is 1.91. The van der Waals surface area contributed by atoms with Gasteiger partial charge in [0.25, 0.3) is 0 Å². The van der Waals surface area contributed by atoms with E-state index in [4.69, 9.17) is 5.11 Å². The highest BCUT2D eigenvalue weighted by Crippen LogP contribution is 2.28. The molecule has 5 nitrogen and oxygen atoms in total. The Kier molecular flexibility index (Phi) is 4.04. The highest BCUT2D eigenvalue weighted by molar-refractivity contribution is 5.89. The first-order chi connectivity index (χ1) is 9.04. The monoisotopic (exact) mass is 262 g/mol. The van der Waals surface area contributed by atoms with Gasteiger partial charge >= 0.3 is 12.0 Å². The van der Waals surface area contributed by atoms with E-state index in [1.165, 1.54) is 0 Å². The summed E-state index contributed by atoms with van der Waals surface area (Å²) in [6, 6.07) is 7.35. The molecular formula is C14H18N2O3. The molecule has 1 fully saturated rings. The van der Waals surface area contributed by atoms with Gasteiger partial charge in [-0.15, -0.1) is 0 Å². The van der Waals surface area contributed by atoms with E-state index in [0.717, 1.165) is 12.0 Å². The number of amides is 2. The number of carboxylic acid groups (broad SMARTS) is 1. The van der Waals surface area contributed by atoms with Crippen LogP contribution in [0.25, 0.3) is 0 Å². The number of hydrogen-bond acceptors (Lipinski definition) is 2. The number of carboxylic acids is 1. The summed E-state index contributed by atoms with van der Waals surface area (Å²) < 4.78 is 0. The molecule has 1 aromatic rings. The van der Waals surface area contributed by atoms with E-state index in [-0.39, 0.29) is 18.5 Å². The Balaban J connectivity index is 1.87. The number of aliphatic carboxylic acids is 1. The van der Waals surface area contributed by atoms with Crippen LogP contribution in [-0.4, -0.2) is 23.1 Å². The lowest BCUT2D eigenvalue weighted by Crippen LogP contribution is -2.31. The van der Waals surface area contributed by atoms with Crippen molar-refractivity contribution in [3.63, 3.8) is 0 Å². The van der Waals surface area contributed by atoms with E-state index >= 15 is 0 Å². The summed E-state index contributed by atoms with van der Waals surface area (Å²) >= 11 is 0. The number of anilines is 1. The average Bonchev–Trinajstić information content (AvgIpc) is 3.02. The number of hydrogen-bond donors (Lipinski definition) is 3. The second-order valence-corrected chi connectivity index (χ2v) is 5.01. The molecule has 2 atom stereocenters. The van der Waals surface area contributed by atoms with E-state index in [0.29, 0.717) is 18.0 Å². The zero-order valence-electron chi connectivity index (χ0n) is 10.8. The zero-order valence-corrected chi connectivity index (χ0v) is 10.8. The molecule has 0 aliphatic heterocycles. The molecule has 0 bridgehead atoms. The van der Waals surface area contributed by atoms with Crippen LogP contribution in [0.5, 0.6) is 0 Å². The topological polar surface area (TPSA) is 78.4 Å². The van der Waals surface area contributed by atoms with Gasteiger partial charge in [-0.2, -0.15) is 0 Å². The van der Waals surface area contributed by atoms with Crippen LogP contribution in [0, 0.1) is 5.92 Å². The number of aryl methyl sites for hydroxylation is 1. The predicted octanol–water partition coefficient (Wildman–Crippen LogP) is 2.23. The van der Waals surface area contributed by atoms with Crippen LogP contribution in [0.4, 0.5) is 10.5 Å². The van der Waals surface area contributed by atoms with E-state index in [1.807, 2.05) is 12.1 Å². The van der Waals surface area contributed by atoms with Crippen LogP contribution < -0.4 is 10.6 Å². The first-order valence-corrected chi connectivity index (χ1v) is 6.43. The molecule has 5 heteroatoms. The molecule has 19 heavy (non-hydrogen) atoms. The smallest absolute Gasteiger partial charge is 0.319 e. The van der Waals surface area contributed by atoms with Crippen molar-refractivity contribution < 1.29 is 14.7 Å². The summed E-state index contributed by atoms with van der Waals surface area (Å²) in [5.41, 5.74) is 1.59. The Labute approximate surface area is 112 Å². The average molecular weight is 262 g/mol. The largest absolute Gasteiger partial charge is 0.481 e. The van der Waals surface area contributed by atoms with Crippen molar-refractivity contribution in [1.82, 2.24) is 5.32 Å². The van der Waals surface area contributed by atoms with Crippen LogP contribution in [-0.2, 0) is 11.2 Å². The first kappa shape index (κ1) is 13.4. The summed E-state index contributed by atoms with van der Waals surface area (Å²) in [5, 5.41) is 14.3. The van der Waals surface area contributed by atoms with Gasteiger partial charge in [0.2, 0.25) is 0 Å². The minimum atomic E-state index is -0.821. The Hall–Kier alpha value is -2.04. The lowest BCUT2D eigenvalue weighted by Gasteiger charge is -2.08. The number of nitrogens with one attached hydrogen (secondary N) is 2. The van der Waals surface area contributed by atoms with Gasteiger partial charge in [0.05, 0.1) is 0 Å². The van der Waals surface area contributed by atoms with Crippen molar-refractivity contribution in [2.24, 2.45) is 5.92 Å². The summed E-state index contributed by atoms with van der Waals surface area (Å²) in [5.74, 6) is -0.258. The van der Waals surface area contributed by atoms with Gasteiger partial charge in [-0.05, 0) is 36.5 Å². The normalized spacial score (nSPS) is 20.7. The van der Waals surface area contributed by atoms with Crippen molar-refractivity contribution in [1.29, 1.82) is 0 Å². The molecule has 2 rings (SSSR count). The van der Waals surface area contributed by atoms with Crippen LogP contribution in [0.3, 0.4) is 0 Å². The molecule has 2 unspecified atom stereocenters. The Bertz CT molecular complexity index is 487. The van der Waals surface area contributed by atoms with Gasteiger partial charge in [-0.3, -0.25) is 4.79 Å². The number of benzene rings is 1. The van der Waals surface area contributed by atoms with Crippen molar-refractivity contribution in [2.75, 3.05) is 5.32 Å². The Morgan fingerprint density at radius 1 is 1.42 bits per heavy atom. The third-order valence-corrected chi connectivity index (χ3v) is 3.24. The second-order valence-electron chi connectivity index (χ2n) is 5.01. The van der Waals surface area contributed by atoms with E-state index < -0.39 is 5.97 Å². The molecule has 102 valence electrons. The molecule has 0 spiro atoms. The summed E-state index contributed by atoms with van der Waals surface area (Å²) in [7, 11) is 0. The van der Waals surface area contributed by atoms with Crippen molar-refractivity contribution in [3.8, 4) is 0 Å². The van der Waals surface area contributed by atoms with Gasteiger partial charge in [0, 0.05) is 18.2 Å². The molecule has 1 aliphatic rings. The molecular weight excluding hydrogens is 244 g/mol. The summed E-state index contributed by atoms with van der Waals surface area (Å²) in [6.07, 6.45) is 1.59. The highest BCUT2D eigenvalue weighted by atomic mass is 16.4. The standard InChI is InChI=1S/C14H18N2O3/c1-9-7-12(9)16-14(19)15-11-4-2-3-10(8-11)5-6-13(17)18/h2-4,8-9,12H,5-7H2,1H3,(H,17,18)(H2,15,16,19). The molecule has 1 aliphatic carbocycles. The van der Waals surface area contributed by atoms with Gasteiger partial charge in [-0.1, -0.05) is 19.1 Å². The number of urea groups is 1. The highest BCUT2D eigenvalue weighted by Gasteiger charge is 2.33. The third-order valence-electron chi connectivity index (χ3n) is 3.24. The van der Waals surface area contributed by atoms with Crippen molar-refractivity contribution in [2.45, 2.75) is 32.2 Å². The van der Waals surface area contributed by atoms with E-state index in [1.54, 1.807) is 12.1 Å². The lowest BCUT2D eigenvalue weighted by atomic mass is 10.1. The molecule has 0 aromatic heterocycles. The van der Waals surface area contributed by atoms with Crippen molar-refractivity contribution >= 4 is 17.7 Å². The van der Waals surface area contributed by atoms with E-state index in [2.05, 4.69) is 17.6 Å².